The molecule has 3 atom stereocenters. The van der Waals surface area contributed by atoms with Crippen molar-refractivity contribution >= 4 is 0 Å². The van der Waals surface area contributed by atoms with Gasteiger partial charge in [0.15, 0.2) is 0 Å². The molecule has 0 spiro atoms. The number of piperidine rings is 1. The highest BCUT2D eigenvalue weighted by molar-refractivity contribution is 4.82. The molecule has 2 rings (SSSR count). The van der Waals surface area contributed by atoms with Crippen molar-refractivity contribution in [2.24, 2.45) is 17.6 Å². The number of nitrogens with zero attached hydrogens (tertiary/aromatic N) is 1. The second-order valence-corrected chi connectivity index (χ2v) is 5.51. The molecule has 2 fully saturated rings. The monoisotopic (exact) mass is 242 g/mol. The number of ether oxygens (including phenoxy) is 2. The molecule has 2 saturated heterocycles. The SMILES string of the molecule is COCC1CCCN(CC2COCCC2N)C1. The first-order valence-corrected chi connectivity index (χ1v) is 6.84. The Morgan fingerprint density at radius 2 is 2.29 bits per heavy atom. The summed E-state index contributed by atoms with van der Waals surface area (Å²) < 4.78 is 10.8. The van der Waals surface area contributed by atoms with Crippen LogP contribution in [0.4, 0.5) is 0 Å². The summed E-state index contributed by atoms with van der Waals surface area (Å²) in [5.74, 6) is 1.22. The second kappa shape index (κ2) is 6.69. The molecule has 2 aliphatic rings. The van der Waals surface area contributed by atoms with E-state index in [0.29, 0.717) is 17.9 Å². The molecular formula is C13H26N2O2. The average molecular weight is 242 g/mol. The van der Waals surface area contributed by atoms with Gasteiger partial charge in [-0.1, -0.05) is 0 Å². The van der Waals surface area contributed by atoms with E-state index < -0.39 is 0 Å². The number of hydrogen-bond donors (Lipinski definition) is 1. The smallest absolute Gasteiger partial charge is 0.0521 e. The Hall–Kier alpha value is -0.160. The molecule has 0 aromatic carbocycles. The maximum Gasteiger partial charge on any atom is 0.0521 e. The lowest BCUT2D eigenvalue weighted by Crippen LogP contribution is -2.47. The molecule has 0 amide bonds. The van der Waals surface area contributed by atoms with E-state index in [1.54, 1.807) is 7.11 Å². The highest BCUT2D eigenvalue weighted by Gasteiger charge is 2.27. The molecule has 0 saturated carbocycles. The zero-order valence-electron chi connectivity index (χ0n) is 10.9. The van der Waals surface area contributed by atoms with Crippen LogP contribution < -0.4 is 5.73 Å². The van der Waals surface area contributed by atoms with Gasteiger partial charge in [-0.15, -0.1) is 0 Å². The van der Waals surface area contributed by atoms with Crippen LogP contribution in [-0.2, 0) is 9.47 Å². The van der Waals surface area contributed by atoms with Crippen LogP contribution in [0.5, 0.6) is 0 Å². The Balaban J connectivity index is 1.77. The van der Waals surface area contributed by atoms with E-state index in [1.165, 1.54) is 19.4 Å². The Bertz CT molecular complexity index is 223. The fraction of sp³-hybridized carbons (Fsp3) is 1.00. The number of hydrogen-bond acceptors (Lipinski definition) is 4. The molecular weight excluding hydrogens is 216 g/mol. The fourth-order valence-electron chi connectivity index (χ4n) is 3.02. The van der Waals surface area contributed by atoms with Gasteiger partial charge in [0.1, 0.15) is 0 Å². The lowest BCUT2D eigenvalue weighted by Gasteiger charge is -2.37. The van der Waals surface area contributed by atoms with Crippen molar-refractivity contribution < 1.29 is 9.47 Å². The highest BCUT2D eigenvalue weighted by atomic mass is 16.5. The third-order valence-electron chi connectivity index (χ3n) is 4.03. The van der Waals surface area contributed by atoms with Crippen LogP contribution in [0, 0.1) is 11.8 Å². The van der Waals surface area contributed by atoms with Gasteiger partial charge in [-0.05, 0) is 31.7 Å². The molecule has 0 aromatic rings. The van der Waals surface area contributed by atoms with E-state index in [4.69, 9.17) is 15.2 Å². The first-order valence-electron chi connectivity index (χ1n) is 6.84. The van der Waals surface area contributed by atoms with Crippen molar-refractivity contribution in [2.75, 3.05) is 46.6 Å². The zero-order chi connectivity index (χ0) is 12.1. The summed E-state index contributed by atoms with van der Waals surface area (Å²) in [4.78, 5) is 2.55. The molecule has 17 heavy (non-hydrogen) atoms. The number of rotatable bonds is 4. The molecule has 4 heteroatoms. The lowest BCUT2D eigenvalue weighted by atomic mass is 9.93. The number of likely N-dealkylation sites (tertiary alicyclic amines) is 1. The molecule has 0 aromatic heterocycles. The van der Waals surface area contributed by atoms with Gasteiger partial charge < -0.3 is 20.1 Å². The van der Waals surface area contributed by atoms with Crippen LogP contribution in [0.15, 0.2) is 0 Å². The topological polar surface area (TPSA) is 47.7 Å². The summed E-state index contributed by atoms with van der Waals surface area (Å²) in [6.45, 7) is 6.04. The molecule has 3 unspecified atom stereocenters. The molecule has 2 heterocycles. The summed E-state index contributed by atoms with van der Waals surface area (Å²) in [6.07, 6.45) is 3.61. The normalized spacial score (nSPS) is 36.0. The van der Waals surface area contributed by atoms with Crippen LogP contribution in [0.3, 0.4) is 0 Å². The van der Waals surface area contributed by atoms with Crippen molar-refractivity contribution in [3.8, 4) is 0 Å². The van der Waals surface area contributed by atoms with E-state index >= 15 is 0 Å². The van der Waals surface area contributed by atoms with Crippen LogP contribution in [0.25, 0.3) is 0 Å². The average Bonchev–Trinajstić information content (AvgIpc) is 2.33. The Morgan fingerprint density at radius 3 is 3.06 bits per heavy atom. The lowest BCUT2D eigenvalue weighted by molar-refractivity contribution is 0.0140. The summed E-state index contributed by atoms with van der Waals surface area (Å²) in [5, 5.41) is 0. The van der Waals surface area contributed by atoms with E-state index in [9.17, 15) is 0 Å². The standard InChI is InChI=1S/C13H26N2O2/c1-16-9-11-3-2-5-15(7-11)8-12-10-17-6-4-13(12)14/h11-13H,2-10,14H2,1H3. The van der Waals surface area contributed by atoms with E-state index in [2.05, 4.69) is 4.90 Å². The van der Waals surface area contributed by atoms with Crippen LogP contribution >= 0.6 is 0 Å². The molecule has 100 valence electrons. The van der Waals surface area contributed by atoms with Crippen LogP contribution in [-0.4, -0.2) is 57.5 Å². The first-order chi connectivity index (χ1) is 8.29. The van der Waals surface area contributed by atoms with Crippen LogP contribution in [0.2, 0.25) is 0 Å². The maximum absolute atomic E-state index is 6.16. The summed E-state index contributed by atoms with van der Waals surface area (Å²) in [7, 11) is 1.80. The third-order valence-corrected chi connectivity index (χ3v) is 4.03. The molecule has 0 bridgehead atoms. The Labute approximate surface area is 104 Å². The van der Waals surface area contributed by atoms with Crippen molar-refractivity contribution in [1.82, 2.24) is 4.90 Å². The second-order valence-electron chi connectivity index (χ2n) is 5.51. The molecule has 0 aliphatic carbocycles. The van der Waals surface area contributed by atoms with Gasteiger partial charge in [0.2, 0.25) is 0 Å². The van der Waals surface area contributed by atoms with Crippen molar-refractivity contribution in [1.29, 1.82) is 0 Å². The van der Waals surface area contributed by atoms with Crippen LogP contribution in [0.1, 0.15) is 19.3 Å². The fourth-order valence-corrected chi connectivity index (χ4v) is 3.02. The van der Waals surface area contributed by atoms with E-state index in [0.717, 1.165) is 39.3 Å². The number of nitrogens with two attached hydrogens (primary N) is 1. The third kappa shape index (κ3) is 3.91. The highest BCUT2D eigenvalue weighted by Crippen LogP contribution is 2.20. The predicted molar refractivity (Wildman–Crippen MR) is 67.9 cm³/mol. The summed E-state index contributed by atoms with van der Waals surface area (Å²) in [5.41, 5.74) is 6.16. The minimum absolute atomic E-state index is 0.326. The Morgan fingerprint density at radius 1 is 1.41 bits per heavy atom. The minimum Gasteiger partial charge on any atom is -0.384 e. The minimum atomic E-state index is 0.326. The van der Waals surface area contributed by atoms with Gasteiger partial charge in [0.25, 0.3) is 0 Å². The molecule has 2 N–H and O–H groups in total. The van der Waals surface area contributed by atoms with E-state index in [1.807, 2.05) is 0 Å². The Kier molecular flexibility index (Phi) is 5.22. The maximum atomic E-state index is 6.16. The van der Waals surface area contributed by atoms with Gasteiger partial charge in [-0.25, -0.2) is 0 Å². The van der Waals surface area contributed by atoms with E-state index in [-0.39, 0.29) is 0 Å². The molecule has 2 aliphatic heterocycles. The van der Waals surface area contributed by atoms with Gasteiger partial charge in [0.05, 0.1) is 13.2 Å². The summed E-state index contributed by atoms with van der Waals surface area (Å²) >= 11 is 0. The van der Waals surface area contributed by atoms with Crippen molar-refractivity contribution in [2.45, 2.75) is 25.3 Å². The largest absolute Gasteiger partial charge is 0.384 e. The van der Waals surface area contributed by atoms with Gasteiger partial charge in [-0.3, -0.25) is 0 Å². The molecule has 4 nitrogen and oxygen atoms in total. The van der Waals surface area contributed by atoms with Gasteiger partial charge >= 0.3 is 0 Å². The first kappa shape index (κ1) is 13.3. The number of methoxy groups -OCH3 is 1. The molecule has 0 radical (unpaired) electrons. The van der Waals surface area contributed by atoms with Gasteiger partial charge in [0, 0.05) is 38.8 Å². The van der Waals surface area contributed by atoms with Crippen molar-refractivity contribution in [3.05, 3.63) is 0 Å². The predicted octanol–water partition coefficient (Wildman–Crippen LogP) is 0.709. The summed E-state index contributed by atoms with van der Waals surface area (Å²) in [6, 6.07) is 0.326. The zero-order valence-corrected chi connectivity index (χ0v) is 10.9. The van der Waals surface area contributed by atoms with Crippen molar-refractivity contribution in [3.63, 3.8) is 0 Å². The quantitative estimate of drug-likeness (QED) is 0.789. The van der Waals surface area contributed by atoms with Gasteiger partial charge in [-0.2, -0.15) is 0 Å².